The van der Waals surface area contributed by atoms with E-state index in [1.165, 1.54) is 5.01 Å². The smallest absolute Gasteiger partial charge is 0.117 e. The molecule has 1 N–H and O–H groups in total. The lowest BCUT2D eigenvalue weighted by molar-refractivity contribution is 0.461. The highest BCUT2D eigenvalue weighted by Gasteiger charge is 2.01. The summed E-state index contributed by atoms with van der Waals surface area (Å²) < 4.78 is 5.47. The van der Waals surface area contributed by atoms with E-state index in [-0.39, 0.29) is 0 Å². The van der Waals surface area contributed by atoms with Gasteiger partial charge in [0.05, 0.1) is 17.2 Å². The van der Waals surface area contributed by atoms with Gasteiger partial charge >= 0.3 is 0 Å². The number of thiazole rings is 1. The number of hydrogen-bond donors (Lipinski definition) is 1. The standard InChI is InChI=1S/C12H16N2OS/c1-3-12-14-10(8-16-12)6-13-7-11-5-4-9(2)15-11/h4-5,8,13H,3,6-7H2,1-2H3. The van der Waals surface area contributed by atoms with Gasteiger partial charge < -0.3 is 9.73 Å². The highest BCUT2D eigenvalue weighted by atomic mass is 32.1. The summed E-state index contributed by atoms with van der Waals surface area (Å²) in [6, 6.07) is 3.98. The molecule has 2 aromatic heterocycles. The fourth-order valence-corrected chi connectivity index (χ4v) is 2.23. The van der Waals surface area contributed by atoms with Gasteiger partial charge in [0, 0.05) is 11.9 Å². The molecular formula is C12H16N2OS. The second kappa shape index (κ2) is 5.27. The molecule has 0 fully saturated rings. The fourth-order valence-electron chi connectivity index (χ4n) is 1.49. The summed E-state index contributed by atoms with van der Waals surface area (Å²) in [6.45, 7) is 5.64. The molecule has 3 nitrogen and oxygen atoms in total. The van der Waals surface area contributed by atoms with Crippen molar-refractivity contribution in [3.63, 3.8) is 0 Å². The Morgan fingerprint density at radius 1 is 1.38 bits per heavy atom. The van der Waals surface area contributed by atoms with Crippen LogP contribution >= 0.6 is 11.3 Å². The quantitative estimate of drug-likeness (QED) is 0.867. The fraction of sp³-hybridized carbons (Fsp3) is 0.417. The lowest BCUT2D eigenvalue weighted by atomic mass is 10.4. The lowest BCUT2D eigenvalue weighted by Crippen LogP contribution is -2.12. The van der Waals surface area contributed by atoms with E-state index in [0.717, 1.165) is 36.7 Å². The molecule has 2 aromatic rings. The molecule has 0 bridgehead atoms. The summed E-state index contributed by atoms with van der Waals surface area (Å²) in [5, 5.41) is 6.63. The zero-order valence-electron chi connectivity index (χ0n) is 9.62. The molecule has 0 aliphatic heterocycles. The maximum absolute atomic E-state index is 5.47. The van der Waals surface area contributed by atoms with Crippen LogP contribution in [0.2, 0.25) is 0 Å². The molecule has 0 saturated heterocycles. The van der Waals surface area contributed by atoms with Crippen LogP contribution in [0.4, 0.5) is 0 Å². The SMILES string of the molecule is CCc1nc(CNCc2ccc(C)o2)cs1. The molecule has 0 atom stereocenters. The summed E-state index contributed by atoms with van der Waals surface area (Å²) in [7, 11) is 0. The van der Waals surface area contributed by atoms with Crippen LogP contribution in [0.1, 0.15) is 29.1 Å². The minimum atomic E-state index is 0.757. The van der Waals surface area contributed by atoms with Crippen molar-refractivity contribution in [1.29, 1.82) is 0 Å². The van der Waals surface area contributed by atoms with Crippen LogP contribution in [-0.2, 0) is 19.5 Å². The molecule has 0 saturated carbocycles. The highest BCUT2D eigenvalue weighted by molar-refractivity contribution is 7.09. The predicted molar refractivity (Wildman–Crippen MR) is 65.5 cm³/mol. The van der Waals surface area contributed by atoms with Crippen molar-refractivity contribution in [3.8, 4) is 0 Å². The Kier molecular flexibility index (Phi) is 3.74. The summed E-state index contributed by atoms with van der Waals surface area (Å²) in [5.41, 5.74) is 1.12. The number of hydrogen-bond acceptors (Lipinski definition) is 4. The Labute approximate surface area is 99.5 Å². The molecule has 0 amide bonds. The number of nitrogens with one attached hydrogen (secondary N) is 1. The van der Waals surface area contributed by atoms with E-state index in [1.807, 2.05) is 19.1 Å². The molecule has 2 heterocycles. The molecular weight excluding hydrogens is 220 g/mol. The van der Waals surface area contributed by atoms with Gasteiger partial charge in [0.2, 0.25) is 0 Å². The highest BCUT2D eigenvalue weighted by Crippen LogP contribution is 2.10. The minimum Gasteiger partial charge on any atom is -0.465 e. The molecule has 2 rings (SSSR count). The van der Waals surface area contributed by atoms with Crippen molar-refractivity contribution in [2.75, 3.05) is 0 Å². The van der Waals surface area contributed by atoms with Gasteiger partial charge in [-0.15, -0.1) is 11.3 Å². The van der Waals surface area contributed by atoms with Gasteiger partial charge in [-0.05, 0) is 25.5 Å². The first-order chi connectivity index (χ1) is 7.78. The van der Waals surface area contributed by atoms with Crippen molar-refractivity contribution in [2.45, 2.75) is 33.4 Å². The molecule has 0 aliphatic carbocycles. The molecule has 0 aromatic carbocycles. The Morgan fingerprint density at radius 2 is 2.25 bits per heavy atom. The van der Waals surface area contributed by atoms with Crippen molar-refractivity contribution < 1.29 is 4.42 Å². The number of aromatic nitrogens is 1. The molecule has 0 unspecified atom stereocenters. The third kappa shape index (κ3) is 2.93. The molecule has 86 valence electrons. The first-order valence-corrected chi connectivity index (χ1v) is 6.35. The maximum Gasteiger partial charge on any atom is 0.117 e. The molecule has 4 heteroatoms. The summed E-state index contributed by atoms with van der Waals surface area (Å²) >= 11 is 1.73. The second-order valence-corrected chi connectivity index (χ2v) is 4.64. The predicted octanol–water partition coefficient (Wildman–Crippen LogP) is 2.90. The Morgan fingerprint density at radius 3 is 2.88 bits per heavy atom. The van der Waals surface area contributed by atoms with Crippen LogP contribution in [0.25, 0.3) is 0 Å². The molecule has 16 heavy (non-hydrogen) atoms. The Balaban J connectivity index is 1.79. The Hall–Kier alpha value is -1.13. The average molecular weight is 236 g/mol. The van der Waals surface area contributed by atoms with E-state index in [2.05, 4.69) is 22.6 Å². The normalized spacial score (nSPS) is 10.9. The largest absolute Gasteiger partial charge is 0.465 e. The van der Waals surface area contributed by atoms with E-state index in [1.54, 1.807) is 11.3 Å². The summed E-state index contributed by atoms with van der Waals surface area (Å²) in [6.07, 6.45) is 1.02. The maximum atomic E-state index is 5.47. The number of aryl methyl sites for hydroxylation is 2. The number of furan rings is 1. The molecule has 0 spiro atoms. The third-order valence-corrected chi connectivity index (χ3v) is 3.35. The molecule has 0 aliphatic rings. The van der Waals surface area contributed by atoms with Gasteiger partial charge in [-0.2, -0.15) is 0 Å². The average Bonchev–Trinajstić information content (AvgIpc) is 2.88. The lowest BCUT2D eigenvalue weighted by Gasteiger charge is -1.99. The molecule has 0 radical (unpaired) electrons. The van der Waals surface area contributed by atoms with Gasteiger partial charge in [-0.1, -0.05) is 6.92 Å². The monoisotopic (exact) mass is 236 g/mol. The van der Waals surface area contributed by atoms with E-state index in [4.69, 9.17) is 4.42 Å². The summed E-state index contributed by atoms with van der Waals surface area (Å²) in [4.78, 5) is 4.49. The number of nitrogens with zero attached hydrogens (tertiary/aromatic N) is 1. The zero-order valence-corrected chi connectivity index (χ0v) is 10.4. The van der Waals surface area contributed by atoms with E-state index in [0.29, 0.717) is 0 Å². The zero-order chi connectivity index (χ0) is 11.4. The van der Waals surface area contributed by atoms with Crippen molar-refractivity contribution in [2.24, 2.45) is 0 Å². The van der Waals surface area contributed by atoms with Crippen LogP contribution in [0, 0.1) is 6.92 Å². The van der Waals surface area contributed by atoms with Crippen LogP contribution < -0.4 is 5.32 Å². The minimum absolute atomic E-state index is 0.757. The van der Waals surface area contributed by atoms with E-state index in [9.17, 15) is 0 Å². The topological polar surface area (TPSA) is 38.1 Å². The number of rotatable bonds is 5. The van der Waals surface area contributed by atoms with Crippen molar-refractivity contribution in [3.05, 3.63) is 39.7 Å². The van der Waals surface area contributed by atoms with Gasteiger partial charge in [0.25, 0.3) is 0 Å². The van der Waals surface area contributed by atoms with E-state index >= 15 is 0 Å². The summed E-state index contributed by atoms with van der Waals surface area (Å²) in [5.74, 6) is 1.93. The van der Waals surface area contributed by atoms with Crippen LogP contribution in [0.5, 0.6) is 0 Å². The second-order valence-electron chi connectivity index (χ2n) is 3.70. The van der Waals surface area contributed by atoms with E-state index < -0.39 is 0 Å². The van der Waals surface area contributed by atoms with Gasteiger partial charge in [-0.25, -0.2) is 4.98 Å². The van der Waals surface area contributed by atoms with Crippen LogP contribution in [0.3, 0.4) is 0 Å². The van der Waals surface area contributed by atoms with Crippen LogP contribution in [-0.4, -0.2) is 4.98 Å². The first kappa shape index (κ1) is 11.4. The Bertz CT molecular complexity index is 447. The third-order valence-electron chi connectivity index (χ3n) is 2.30. The van der Waals surface area contributed by atoms with Crippen molar-refractivity contribution in [1.82, 2.24) is 10.3 Å². The van der Waals surface area contributed by atoms with Gasteiger partial charge in [0.1, 0.15) is 11.5 Å². The van der Waals surface area contributed by atoms with Crippen molar-refractivity contribution >= 4 is 11.3 Å². The van der Waals surface area contributed by atoms with Gasteiger partial charge in [0.15, 0.2) is 0 Å². The first-order valence-electron chi connectivity index (χ1n) is 5.47. The van der Waals surface area contributed by atoms with Crippen LogP contribution in [0.15, 0.2) is 21.9 Å². The van der Waals surface area contributed by atoms with Gasteiger partial charge in [-0.3, -0.25) is 0 Å².